The third-order valence-corrected chi connectivity index (χ3v) is 4.74. The van der Waals surface area contributed by atoms with E-state index in [4.69, 9.17) is 0 Å². The SMILES string of the molecule is Bc1ccc2c(=O)n(CC(=O)Nc3ncc(C)cc3P)nc(C(C)C)c2c1. The standard InChI is InChI=1S/C19H22BN4O2P/c1-10(2)17-14-7-12(20)4-5-13(14)19(26)24(23-17)9-16(25)22-18-15(27)6-11(3)8-21-18/h4-8,10H,9,20,27H2,1-3H3,(H,21,22,25). The molecule has 27 heavy (non-hydrogen) atoms. The molecule has 138 valence electrons. The largest absolute Gasteiger partial charge is 0.309 e. The number of nitrogens with zero attached hydrogens (tertiary/aromatic N) is 3. The molecule has 0 radical (unpaired) electrons. The molecular formula is C19H22BN4O2P. The molecule has 0 saturated carbocycles. The fourth-order valence-electron chi connectivity index (χ4n) is 2.96. The van der Waals surface area contributed by atoms with Crippen molar-refractivity contribution >= 4 is 50.4 Å². The molecule has 0 fully saturated rings. The molecule has 3 rings (SSSR count). The number of benzene rings is 1. The minimum Gasteiger partial charge on any atom is -0.309 e. The normalized spacial score (nSPS) is 11.1. The van der Waals surface area contributed by atoms with Crippen LogP contribution in [0.25, 0.3) is 10.8 Å². The second-order valence-electron chi connectivity index (χ2n) is 7.05. The first-order valence-electron chi connectivity index (χ1n) is 8.79. The van der Waals surface area contributed by atoms with Gasteiger partial charge in [-0.3, -0.25) is 9.59 Å². The quantitative estimate of drug-likeness (QED) is 0.532. The Morgan fingerprint density at radius 3 is 2.70 bits per heavy atom. The van der Waals surface area contributed by atoms with E-state index in [0.29, 0.717) is 11.2 Å². The molecule has 1 unspecified atom stereocenters. The Kier molecular flexibility index (Phi) is 5.42. The number of hydrogen-bond acceptors (Lipinski definition) is 4. The molecule has 0 aliphatic heterocycles. The van der Waals surface area contributed by atoms with Crippen molar-refractivity contribution < 1.29 is 4.79 Å². The fraction of sp³-hybridized carbons (Fsp3) is 0.263. The number of aromatic nitrogens is 3. The second-order valence-corrected chi connectivity index (χ2v) is 7.67. The van der Waals surface area contributed by atoms with Crippen molar-refractivity contribution in [1.29, 1.82) is 0 Å². The van der Waals surface area contributed by atoms with Crippen LogP contribution in [0.15, 0.2) is 35.3 Å². The van der Waals surface area contributed by atoms with Gasteiger partial charge in [-0.2, -0.15) is 5.10 Å². The molecule has 1 atom stereocenters. The molecule has 0 spiro atoms. The van der Waals surface area contributed by atoms with Gasteiger partial charge in [0, 0.05) is 16.9 Å². The number of rotatable bonds is 4. The van der Waals surface area contributed by atoms with Gasteiger partial charge in [0.05, 0.1) is 11.1 Å². The minimum absolute atomic E-state index is 0.127. The highest BCUT2D eigenvalue weighted by atomic mass is 31.0. The van der Waals surface area contributed by atoms with Crippen LogP contribution in [-0.4, -0.2) is 28.5 Å². The van der Waals surface area contributed by atoms with Crippen LogP contribution in [0, 0.1) is 6.92 Å². The zero-order chi connectivity index (χ0) is 19.7. The minimum atomic E-state index is -0.342. The van der Waals surface area contributed by atoms with Gasteiger partial charge in [0.25, 0.3) is 5.56 Å². The van der Waals surface area contributed by atoms with E-state index < -0.39 is 0 Å². The third-order valence-electron chi connectivity index (χ3n) is 4.30. The van der Waals surface area contributed by atoms with Crippen LogP contribution in [0.2, 0.25) is 0 Å². The summed E-state index contributed by atoms with van der Waals surface area (Å²) in [4.78, 5) is 29.5. The lowest BCUT2D eigenvalue weighted by Gasteiger charge is -2.14. The van der Waals surface area contributed by atoms with Crippen LogP contribution < -0.4 is 21.6 Å². The molecule has 2 heterocycles. The maximum absolute atomic E-state index is 12.8. The van der Waals surface area contributed by atoms with Gasteiger partial charge in [-0.25, -0.2) is 9.67 Å². The third kappa shape index (κ3) is 4.09. The van der Waals surface area contributed by atoms with Crippen LogP contribution in [0.4, 0.5) is 5.82 Å². The van der Waals surface area contributed by atoms with Crippen LogP contribution >= 0.6 is 9.24 Å². The highest BCUT2D eigenvalue weighted by Gasteiger charge is 2.16. The van der Waals surface area contributed by atoms with Crippen molar-refractivity contribution in [2.45, 2.75) is 33.2 Å². The fourth-order valence-corrected chi connectivity index (χ4v) is 3.37. The monoisotopic (exact) mass is 380 g/mol. The predicted octanol–water partition coefficient (Wildman–Crippen LogP) is 0.621. The van der Waals surface area contributed by atoms with Crippen molar-refractivity contribution in [2.75, 3.05) is 5.32 Å². The van der Waals surface area contributed by atoms with E-state index in [1.54, 1.807) is 12.3 Å². The number of fused-ring (bicyclic) bond motifs is 1. The first-order valence-corrected chi connectivity index (χ1v) is 9.37. The summed E-state index contributed by atoms with van der Waals surface area (Å²) in [6.07, 6.45) is 1.68. The van der Waals surface area contributed by atoms with Crippen LogP contribution in [0.1, 0.15) is 31.0 Å². The summed E-state index contributed by atoms with van der Waals surface area (Å²) < 4.78 is 1.24. The van der Waals surface area contributed by atoms with E-state index >= 15 is 0 Å². The van der Waals surface area contributed by atoms with Crippen molar-refractivity contribution in [2.24, 2.45) is 0 Å². The van der Waals surface area contributed by atoms with Gasteiger partial charge in [0.15, 0.2) is 0 Å². The molecule has 1 aromatic carbocycles. The summed E-state index contributed by atoms with van der Waals surface area (Å²) >= 11 is 0. The number of amides is 1. The molecule has 8 heteroatoms. The second kappa shape index (κ2) is 7.61. The van der Waals surface area contributed by atoms with Gasteiger partial charge < -0.3 is 5.32 Å². The van der Waals surface area contributed by atoms with Crippen molar-refractivity contribution in [1.82, 2.24) is 14.8 Å². The molecule has 2 aromatic heterocycles. The lowest BCUT2D eigenvalue weighted by atomic mass is 9.92. The Labute approximate surface area is 161 Å². The van der Waals surface area contributed by atoms with E-state index in [0.717, 1.165) is 27.4 Å². The van der Waals surface area contributed by atoms with Gasteiger partial charge >= 0.3 is 0 Å². The van der Waals surface area contributed by atoms with E-state index in [1.807, 2.05) is 46.8 Å². The van der Waals surface area contributed by atoms with Gasteiger partial charge in [-0.15, -0.1) is 9.24 Å². The topological polar surface area (TPSA) is 76.9 Å². The number of carbonyl (C=O) groups excluding carboxylic acids is 1. The lowest BCUT2D eigenvalue weighted by molar-refractivity contribution is -0.117. The Bertz CT molecular complexity index is 1090. The number of carbonyl (C=O) groups is 1. The highest BCUT2D eigenvalue weighted by molar-refractivity contribution is 7.28. The molecule has 0 aliphatic rings. The Hall–Kier alpha value is -2.53. The molecule has 6 nitrogen and oxygen atoms in total. The van der Waals surface area contributed by atoms with E-state index in [1.165, 1.54) is 4.68 Å². The predicted molar refractivity (Wildman–Crippen MR) is 115 cm³/mol. The van der Waals surface area contributed by atoms with Gasteiger partial charge in [0.2, 0.25) is 5.91 Å². The summed E-state index contributed by atoms with van der Waals surface area (Å²) in [5.41, 5.74) is 2.61. The molecule has 1 amide bonds. The number of pyridine rings is 1. The van der Waals surface area contributed by atoms with Crippen LogP contribution in [0.3, 0.4) is 0 Å². The summed E-state index contributed by atoms with van der Waals surface area (Å²) in [7, 11) is 4.53. The summed E-state index contributed by atoms with van der Waals surface area (Å²) in [5.74, 6) is 0.247. The molecule has 0 saturated heterocycles. The van der Waals surface area contributed by atoms with E-state index in [2.05, 4.69) is 24.6 Å². The Balaban J connectivity index is 1.97. The van der Waals surface area contributed by atoms with Gasteiger partial charge in [-0.1, -0.05) is 31.4 Å². The van der Waals surface area contributed by atoms with Crippen molar-refractivity contribution in [3.8, 4) is 0 Å². The van der Waals surface area contributed by atoms with E-state index in [-0.39, 0.29) is 23.9 Å². The average molecular weight is 380 g/mol. The Morgan fingerprint density at radius 1 is 1.30 bits per heavy atom. The maximum Gasteiger partial charge on any atom is 0.275 e. The average Bonchev–Trinajstić information content (AvgIpc) is 2.59. The zero-order valence-electron chi connectivity index (χ0n) is 15.9. The molecular weight excluding hydrogens is 358 g/mol. The number of anilines is 1. The Morgan fingerprint density at radius 2 is 2.04 bits per heavy atom. The number of aryl methyl sites for hydroxylation is 1. The molecule has 0 bridgehead atoms. The summed E-state index contributed by atoms with van der Waals surface area (Å²) in [6, 6.07) is 7.58. The first kappa shape index (κ1) is 19.2. The lowest BCUT2D eigenvalue weighted by Crippen LogP contribution is -2.32. The number of hydrogen-bond donors (Lipinski definition) is 1. The van der Waals surface area contributed by atoms with E-state index in [9.17, 15) is 9.59 Å². The highest BCUT2D eigenvalue weighted by Crippen LogP contribution is 2.20. The summed E-state index contributed by atoms with van der Waals surface area (Å²) in [6.45, 7) is 5.81. The molecule has 1 N–H and O–H groups in total. The van der Waals surface area contributed by atoms with Gasteiger partial charge in [-0.05, 0) is 30.5 Å². The van der Waals surface area contributed by atoms with Crippen LogP contribution in [-0.2, 0) is 11.3 Å². The zero-order valence-corrected chi connectivity index (χ0v) is 17.1. The van der Waals surface area contributed by atoms with Gasteiger partial charge in [0.1, 0.15) is 20.2 Å². The first-order chi connectivity index (χ1) is 12.8. The summed E-state index contributed by atoms with van der Waals surface area (Å²) in [5, 5.41) is 9.44. The molecule has 0 aliphatic carbocycles. The molecule has 3 aromatic rings. The smallest absolute Gasteiger partial charge is 0.275 e. The van der Waals surface area contributed by atoms with Crippen LogP contribution in [0.5, 0.6) is 0 Å². The number of nitrogens with one attached hydrogen (secondary N) is 1. The van der Waals surface area contributed by atoms with Crippen molar-refractivity contribution in [3.63, 3.8) is 0 Å². The maximum atomic E-state index is 12.8. The van der Waals surface area contributed by atoms with Crippen molar-refractivity contribution in [3.05, 3.63) is 52.1 Å².